The minimum absolute atomic E-state index is 0.139. The summed E-state index contributed by atoms with van der Waals surface area (Å²) in [5.41, 5.74) is 7.39. The Kier molecular flexibility index (Phi) is 23.4. The Hall–Kier alpha value is -1.35. The Bertz CT molecular complexity index is 531. The zero-order valence-corrected chi connectivity index (χ0v) is 23.7. The second-order valence-electron chi connectivity index (χ2n) is 10.6. The summed E-state index contributed by atoms with van der Waals surface area (Å²) in [4.78, 5) is 10.2. The molecule has 204 valence electrons. The van der Waals surface area contributed by atoms with Crippen LogP contribution in [-0.4, -0.2) is 16.6 Å². The highest BCUT2D eigenvalue weighted by Crippen LogP contribution is 2.27. The molecule has 0 spiro atoms. The highest BCUT2D eigenvalue weighted by Gasteiger charge is 2.23. The number of hydrogen-bond donors (Lipinski definition) is 2. The van der Waals surface area contributed by atoms with Gasteiger partial charge in [0.05, 0.1) is 5.56 Å². The minimum atomic E-state index is -0.879. The van der Waals surface area contributed by atoms with E-state index in [0.29, 0.717) is 5.56 Å². The number of hydrogen-bond acceptors (Lipinski definition) is 2. The van der Waals surface area contributed by atoms with Crippen LogP contribution in [0, 0.1) is 0 Å². The van der Waals surface area contributed by atoms with Gasteiger partial charge in [-0.05, 0) is 31.4 Å². The third kappa shape index (κ3) is 21.6. The Morgan fingerprint density at radius 1 is 0.600 bits per heavy atom. The molecule has 0 aliphatic carbocycles. The van der Waals surface area contributed by atoms with Crippen LogP contribution in [0.4, 0.5) is 0 Å². The summed E-state index contributed by atoms with van der Waals surface area (Å²) < 4.78 is 0. The van der Waals surface area contributed by atoms with E-state index in [4.69, 9.17) is 10.8 Å². The molecule has 0 unspecified atom stereocenters. The molecule has 0 saturated heterocycles. The lowest BCUT2D eigenvalue weighted by Crippen LogP contribution is -2.39. The lowest BCUT2D eigenvalue weighted by atomic mass is 9.82. The molecule has 0 aliphatic heterocycles. The first-order valence-electron chi connectivity index (χ1n) is 15.1. The van der Waals surface area contributed by atoms with Crippen molar-refractivity contribution in [3.63, 3.8) is 0 Å². The van der Waals surface area contributed by atoms with Crippen molar-refractivity contribution < 1.29 is 9.90 Å². The number of benzene rings is 1. The van der Waals surface area contributed by atoms with Crippen molar-refractivity contribution >= 4 is 5.97 Å². The number of rotatable bonds is 22. The molecule has 1 aromatic rings. The van der Waals surface area contributed by atoms with Crippen LogP contribution in [0.3, 0.4) is 0 Å². The van der Waals surface area contributed by atoms with E-state index in [1.54, 1.807) is 30.3 Å². The van der Waals surface area contributed by atoms with Crippen LogP contribution in [0.25, 0.3) is 0 Å². The van der Waals surface area contributed by atoms with Crippen molar-refractivity contribution in [1.29, 1.82) is 0 Å². The zero-order valence-electron chi connectivity index (χ0n) is 23.7. The Morgan fingerprint density at radius 3 is 1.20 bits per heavy atom. The molecule has 3 nitrogen and oxygen atoms in total. The molecule has 0 heterocycles. The quantitative estimate of drug-likeness (QED) is 0.159. The van der Waals surface area contributed by atoms with Crippen LogP contribution in [0.1, 0.15) is 166 Å². The number of carboxylic acid groups (broad SMARTS) is 1. The number of unbranched alkanes of at least 4 members (excludes halogenated alkanes) is 15. The molecule has 0 aromatic heterocycles. The van der Waals surface area contributed by atoms with Crippen molar-refractivity contribution in [2.75, 3.05) is 0 Å². The first kappa shape index (κ1) is 33.7. The molecule has 3 heteroatoms. The van der Waals surface area contributed by atoms with Gasteiger partial charge >= 0.3 is 5.97 Å². The zero-order chi connectivity index (χ0) is 26.0. The van der Waals surface area contributed by atoms with Gasteiger partial charge in [0.15, 0.2) is 0 Å². The number of carboxylic acids is 1. The Morgan fingerprint density at radius 2 is 0.914 bits per heavy atom. The third-order valence-corrected chi connectivity index (χ3v) is 7.11. The van der Waals surface area contributed by atoms with E-state index in [9.17, 15) is 4.79 Å². The third-order valence-electron chi connectivity index (χ3n) is 7.11. The van der Waals surface area contributed by atoms with Crippen molar-refractivity contribution in [3.8, 4) is 0 Å². The molecule has 35 heavy (non-hydrogen) atoms. The highest BCUT2D eigenvalue weighted by molar-refractivity contribution is 5.87. The topological polar surface area (TPSA) is 63.3 Å². The first-order chi connectivity index (χ1) is 17.0. The van der Waals surface area contributed by atoms with Gasteiger partial charge in [0.2, 0.25) is 0 Å². The average Bonchev–Trinajstić information content (AvgIpc) is 2.86. The normalized spacial score (nSPS) is 11.2. The van der Waals surface area contributed by atoms with Crippen molar-refractivity contribution in [3.05, 3.63) is 35.9 Å². The Labute approximate surface area is 218 Å². The van der Waals surface area contributed by atoms with Gasteiger partial charge in [-0.1, -0.05) is 155 Å². The maximum absolute atomic E-state index is 10.2. The van der Waals surface area contributed by atoms with Crippen LogP contribution in [0.15, 0.2) is 30.3 Å². The molecule has 1 aromatic carbocycles. The van der Waals surface area contributed by atoms with Gasteiger partial charge in [-0.15, -0.1) is 0 Å². The van der Waals surface area contributed by atoms with Gasteiger partial charge in [-0.3, -0.25) is 0 Å². The van der Waals surface area contributed by atoms with E-state index in [-0.39, 0.29) is 5.54 Å². The lowest BCUT2D eigenvalue weighted by Gasteiger charge is -2.30. The van der Waals surface area contributed by atoms with E-state index in [1.165, 1.54) is 135 Å². The summed E-state index contributed by atoms with van der Waals surface area (Å²) in [6.45, 7) is 6.89. The largest absolute Gasteiger partial charge is 0.478 e. The molecule has 0 aliphatic rings. The van der Waals surface area contributed by atoms with E-state index in [2.05, 4.69) is 20.8 Å². The summed E-state index contributed by atoms with van der Waals surface area (Å²) in [5.74, 6) is -0.879. The van der Waals surface area contributed by atoms with Gasteiger partial charge in [0, 0.05) is 5.54 Å². The summed E-state index contributed by atoms with van der Waals surface area (Å²) in [6, 6.07) is 8.30. The maximum atomic E-state index is 10.2. The van der Waals surface area contributed by atoms with Gasteiger partial charge in [-0.25, -0.2) is 4.79 Å². The van der Waals surface area contributed by atoms with Crippen LogP contribution >= 0.6 is 0 Å². The van der Waals surface area contributed by atoms with E-state index >= 15 is 0 Å². The molecule has 0 radical (unpaired) electrons. The van der Waals surface area contributed by atoms with Gasteiger partial charge in [-0.2, -0.15) is 0 Å². The molecule has 0 saturated carbocycles. The minimum Gasteiger partial charge on any atom is -0.478 e. The van der Waals surface area contributed by atoms with Crippen molar-refractivity contribution in [2.24, 2.45) is 5.73 Å². The van der Waals surface area contributed by atoms with E-state index in [1.807, 2.05) is 0 Å². The van der Waals surface area contributed by atoms with E-state index < -0.39 is 5.97 Å². The standard InChI is InChI=1S/C25H53N.C7H6O2/c1-4-7-10-13-16-19-22-25(26,23-20-17-14-11-8-5-2)24-21-18-15-12-9-6-3;8-7(9)6-4-2-1-3-5-6/h4-24,26H2,1-3H3;1-5H,(H,8,9). The monoisotopic (exact) mass is 489 g/mol. The summed E-state index contributed by atoms with van der Waals surface area (Å²) in [6.07, 6.45) is 28.8. The van der Waals surface area contributed by atoms with Gasteiger partial charge in [0.1, 0.15) is 0 Å². The predicted octanol–water partition coefficient (Wildman–Crippen LogP) is 10.3. The number of carbonyl (C=O) groups is 1. The smallest absolute Gasteiger partial charge is 0.335 e. The summed E-state index contributed by atoms with van der Waals surface area (Å²) >= 11 is 0. The SMILES string of the molecule is CCCCCCCCC(N)(CCCCCCCC)CCCCCCCC.O=C(O)c1ccccc1. The molecule has 1 rings (SSSR count). The highest BCUT2D eigenvalue weighted by atomic mass is 16.4. The van der Waals surface area contributed by atoms with Crippen molar-refractivity contribution in [2.45, 2.75) is 161 Å². The molecule has 3 N–H and O–H groups in total. The lowest BCUT2D eigenvalue weighted by molar-refractivity contribution is 0.0697. The fourth-order valence-electron chi connectivity index (χ4n) is 4.73. The molecule has 0 amide bonds. The van der Waals surface area contributed by atoms with Crippen LogP contribution in [0.2, 0.25) is 0 Å². The fraction of sp³-hybridized carbons (Fsp3) is 0.781. The second kappa shape index (κ2) is 24.3. The van der Waals surface area contributed by atoms with Crippen molar-refractivity contribution in [1.82, 2.24) is 0 Å². The fourth-order valence-corrected chi connectivity index (χ4v) is 4.73. The predicted molar refractivity (Wildman–Crippen MR) is 154 cm³/mol. The number of aromatic carboxylic acids is 1. The molecular weight excluding hydrogens is 430 g/mol. The average molecular weight is 490 g/mol. The van der Waals surface area contributed by atoms with Gasteiger partial charge in [0.25, 0.3) is 0 Å². The summed E-state index contributed by atoms with van der Waals surface area (Å²) in [7, 11) is 0. The molecular formula is C32H59NO2. The number of nitrogens with two attached hydrogens (primary N) is 1. The van der Waals surface area contributed by atoms with Crippen LogP contribution in [0.5, 0.6) is 0 Å². The second-order valence-corrected chi connectivity index (χ2v) is 10.6. The molecule has 0 bridgehead atoms. The molecule has 0 fully saturated rings. The van der Waals surface area contributed by atoms with Crippen LogP contribution in [-0.2, 0) is 0 Å². The molecule has 0 atom stereocenters. The van der Waals surface area contributed by atoms with Gasteiger partial charge < -0.3 is 10.8 Å². The van der Waals surface area contributed by atoms with Crippen LogP contribution < -0.4 is 5.73 Å². The maximum Gasteiger partial charge on any atom is 0.335 e. The summed E-state index contributed by atoms with van der Waals surface area (Å²) in [5, 5.41) is 8.38. The first-order valence-corrected chi connectivity index (χ1v) is 15.1. The Balaban J connectivity index is 0.00000106. The van der Waals surface area contributed by atoms with E-state index in [0.717, 1.165) is 0 Å².